The molecule has 0 aliphatic carbocycles. The van der Waals surface area contributed by atoms with E-state index >= 15 is 0 Å². The van der Waals surface area contributed by atoms with Crippen LogP contribution in [0.15, 0.2) is 22.7 Å². The normalized spacial score (nSPS) is 10.0. The fourth-order valence-electron chi connectivity index (χ4n) is 1.62. The molecule has 0 aliphatic rings. The van der Waals surface area contributed by atoms with Crippen LogP contribution in [0.25, 0.3) is 0 Å². The van der Waals surface area contributed by atoms with Gasteiger partial charge in [-0.05, 0) is 41.1 Å². The van der Waals surface area contributed by atoms with E-state index in [0.717, 1.165) is 4.47 Å². The van der Waals surface area contributed by atoms with Gasteiger partial charge in [-0.1, -0.05) is 0 Å². The minimum atomic E-state index is -0.127. The molecule has 2 amide bonds. The zero-order valence-corrected chi connectivity index (χ0v) is 13.5. The van der Waals surface area contributed by atoms with Gasteiger partial charge in [0.1, 0.15) is 5.75 Å². The summed E-state index contributed by atoms with van der Waals surface area (Å²) in [6, 6.07) is 5.20. The molecule has 0 saturated heterocycles. The highest BCUT2D eigenvalue weighted by Crippen LogP contribution is 2.26. The Morgan fingerprint density at radius 3 is 2.65 bits per heavy atom. The lowest BCUT2D eigenvalue weighted by atomic mass is 10.2. The first-order chi connectivity index (χ1) is 9.49. The Balaban J connectivity index is 2.71. The minimum Gasteiger partial charge on any atom is -0.493 e. The van der Waals surface area contributed by atoms with Gasteiger partial charge in [0, 0.05) is 32.6 Å². The maximum Gasteiger partial charge on any atom is 0.253 e. The van der Waals surface area contributed by atoms with E-state index in [4.69, 9.17) is 4.74 Å². The lowest BCUT2D eigenvalue weighted by Gasteiger charge is -2.17. The molecular formula is C14H19BrN2O3. The van der Waals surface area contributed by atoms with Crippen molar-refractivity contribution in [1.29, 1.82) is 0 Å². The van der Waals surface area contributed by atoms with Crippen molar-refractivity contribution < 1.29 is 14.3 Å². The van der Waals surface area contributed by atoms with Gasteiger partial charge in [-0.25, -0.2) is 0 Å². The third kappa shape index (κ3) is 4.52. The molecule has 5 nitrogen and oxygen atoms in total. The van der Waals surface area contributed by atoms with Crippen molar-refractivity contribution in [3.05, 3.63) is 28.2 Å². The van der Waals surface area contributed by atoms with Gasteiger partial charge < -0.3 is 15.0 Å². The van der Waals surface area contributed by atoms with Gasteiger partial charge in [0.05, 0.1) is 11.1 Å². The van der Waals surface area contributed by atoms with E-state index in [0.29, 0.717) is 24.5 Å². The summed E-state index contributed by atoms with van der Waals surface area (Å²) in [5, 5.41) is 2.53. The number of amides is 2. The number of hydrogen-bond acceptors (Lipinski definition) is 3. The molecule has 0 aliphatic heterocycles. The molecule has 110 valence electrons. The third-order valence-electron chi connectivity index (χ3n) is 2.78. The van der Waals surface area contributed by atoms with Crippen molar-refractivity contribution in [3.63, 3.8) is 0 Å². The molecule has 20 heavy (non-hydrogen) atoms. The summed E-state index contributed by atoms with van der Waals surface area (Å²) in [6.07, 6.45) is 0.289. The Bertz CT molecular complexity index is 491. The molecule has 0 radical (unpaired) electrons. The van der Waals surface area contributed by atoms with Crippen LogP contribution < -0.4 is 10.1 Å². The molecule has 6 heteroatoms. The van der Waals surface area contributed by atoms with Crippen molar-refractivity contribution in [3.8, 4) is 5.75 Å². The number of carbonyl (C=O) groups is 2. The molecular weight excluding hydrogens is 324 g/mol. The average Bonchev–Trinajstić information content (AvgIpc) is 2.45. The summed E-state index contributed by atoms with van der Waals surface area (Å²) in [6.45, 7) is 2.85. The second-order valence-electron chi connectivity index (χ2n) is 4.23. The van der Waals surface area contributed by atoms with Gasteiger partial charge in [-0.3, -0.25) is 9.59 Å². The molecule has 0 heterocycles. The lowest BCUT2D eigenvalue weighted by Crippen LogP contribution is -2.31. The highest BCUT2D eigenvalue weighted by atomic mass is 79.9. The Labute approximate surface area is 127 Å². The molecule has 1 aromatic carbocycles. The predicted molar refractivity (Wildman–Crippen MR) is 81.0 cm³/mol. The van der Waals surface area contributed by atoms with Crippen LogP contribution in [-0.4, -0.2) is 44.0 Å². The van der Waals surface area contributed by atoms with Crippen LogP contribution in [0.2, 0.25) is 0 Å². The number of carbonyl (C=O) groups excluding carboxylic acids is 2. The van der Waals surface area contributed by atoms with Gasteiger partial charge in [0.2, 0.25) is 5.91 Å². The molecule has 0 fully saturated rings. The van der Waals surface area contributed by atoms with Crippen LogP contribution >= 0.6 is 15.9 Å². The summed E-state index contributed by atoms with van der Waals surface area (Å²) >= 11 is 3.38. The fourth-order valence-corrected chi connectivity index (χ4v) is 2.12. The number of halogens is 1. The monoisotopic (exact) mass is 342 g/mol. The van der Waals surface area contributed by atoms with Gasteiger partial charge in [-0.15, -0.1) is 0 Å². The Hall–Kier alpha value is -1.56. The Morgan fingerprint density at radius 1 is 1.40 bits per heavy atom. The summed E-state index contributed by atoms with van der Waals surface area (Å²) in [4.78, 5) is 24.9. The molecule has 0 bridgehead atoms. The van der Waals surface area contributed by atoms with Gasteiger partial charge in [0.15, 0.2) is 0 Å². The Morgan fingerprint density at radius 2 is 2.10 bits per heavy atom. The first-order valence-corrected chi connectivity index (χ1v) is 7.17. The van der Waals surface area contributed by atoms with E-state index in [1.54, 1.807) is 32.3 Å². The molecule has 0 unspecified atom stereocenters. The highest BCUT2D eigenvalue weighted by Gasteiger charge is 2.14. The first kappa shape index (κ1) is 16.5. The van der Waals surface area contributed by atoms with Crippen LogP contribution in [0.1, 0.15) is 23.7 Å². The smallest absolute Gasteiger partial charge is 0.253 e. The van der Waals surface area contributed by atoms with Crippen molar-refractivity contribution in [1.82, 2.24) is 10.2 Å². The second-order valence-corrected chi connectivity index (χ2v) is 5.08. The number of ether oxygens (including phenoxy) is 1. The fraction of sp³-hybridized carbons (Fsp3) is 0.429. The molecule has 0 aromatic heterocycles. The molecule has 0 atom stereocenters. The van der Waals surface area contributed by atoms with Crippen molar-refractivity contribution >= 4 is 27.7 Å². The number of nitrogens with one attached hydrogen (secondary N) is 1. The summed E-state index contributed by atoms with van der Waals surface area (Å²) < 4.78 is 6.14. The maximum absolute atomic E-state index is 12.2. The van der Waals surface area contributed by atoms with Crippen LogP contribution in [0.3, 0.4) is 0 Å². The number of benzene rings is 1. The lowest BCUT2D eigenvalue weighted by molar-refractivity contribution is -0.120. The minimum absolute atomic E-state index is 0.0856. The van der Waals surface area contributed by atoms with Crippen molar-refractivity contribution in [2.24, 2.45) is 0 Å². The first-order valence-electron chi connectivity index (χ1n) is 6.38. The summed E-state index contributed by atoms with van der Waals surface area (Å²) in [5.41, 5.74) is 0.555. The predicted octanol–water partition coefficient (Wildman–Crippen LogP) is 2.06. The van der Waals surface area contributed by atoms with E-state index in [1.807, 2.05) is 6.92 Å². The largest absolute Gasteiger partial charge is 0.493 e. The van der Waals surface area contributed by atoms with Crippen LogP contribution in [0.4, 0.5) is 0 Å². The van der Waals surface area contributed by atoms with Gasteiger partial charge in [0.25, 0.3) is 5.91 Å². The number of nitrogens with zero attached hydrogens (tertiary/aromatic N) is 1. The zero-order valence-electron chi connectivity index (χ0n) is 11.9. The number of hydrogen-bond donors (Lipinski definition) is 1. The van der Waals surface area contributed by atoms with E-state index in [-0.39, 0.29) is 18.2 Å². The van der Waals surface area contributed by atoms with Crippen molar-refractivity contribution in [2.45, 2.75) is 13.3 Å². The Kier molecular flexibility index (Phi) is 6.51. The van der Waals surface area contributed by atoms with Crippen LogP contribution in [0, 0.1) is 0 Å². The molecule has 1 rings (SSSR count). The molecule has 1 N–H and O–H groups in total. The van der Waals surface area contributed by atoms with E-state index in [1.165, 1.54) is 4.90 Å². The van der Waals surface area contributed by atoms with Crippen molar-refractivity contribution in [2.75, 3.05) is 27.2 Å². The average molecular weight is 343 g/mol. The zero-order chi connectivity index (χ0) is 15.1. The standard InChI is InChI=1S/C14H19BrN2O3/c1-4-20-12-6-5-10(9-11(12)15)14(19)17(3)8-7-13(18)16-2/h5-6,9H,4,7-8H2,1-3H3,(H,16,18). The summed E-state index contributed by atoms with van der Waals surface area (Å²) in [7, 11) is 3.25. The second kappa shape index (κ2) is 7.89. The number of rotatable bonds is 6. The van der Waals surface area contributed by atoms with Crippen LogP contribution in [0.5, 0.6) is 5.75 Å². The third-order valence-corrected chi connectivity index (χ3v) is 3.40. The summed E-state index contributed by atoms with van der Waals surface area (Å²) in [5.74, 6) is 0.493. The van der Waals surface area contributed by atoms with E-state index in [2.05, 4.69) is 21.2 Å². The molecule has 0 spiro atoms. The topological polar surface area (TPSA) is 58.6 Å². The van der Waals surface area contributed by atoms with Crippen LogP contribution in [-0.2, 0) is 4.79 Å². The molecule has 0 saturated carbocycles. The van der Waals surface area contributed by atoms with Gasteiger partial charge in [-0.2, -0.15) is 0 Å². The van der Waals surface area contributed by atoms with Gasteiger partial charge >= 0.3 is 0 Å². The van der Waals surface area contributed by atoms with E-state index in [9.17, 15) is 9.59 Å². The quantitative estimate of drug-likeness (QED) is 0.860. The van der Waals surface area contributed by atoms with E-state index < -0.39 is 0 Å². The molecule has 1 aromatic rings. The highest BCUT2D eigenvalue weighted by molar-refractivity contribution is 9.10. The maximum atomic E-state index is 12.2. The SMILES string of the molecule is CCOc1ccc(C(=O)N(C)CCC(=O)NC)cc1Br.